The minimum absolute atomic E-state index is 0.114. The van der Waals surface area contributed by atoms with Crippen LogP contribution in [-0.2, 0) is 4.74 Å². The SMILES string of the molecule is CCO[C@@H](Cl)[C@@H](C)Cl. The zero-order chi connectivity index (χ0) is 6.57. The predicted octanol–water partition coefficient (Wildman–Crippen LogP) is 2.22. The molecule has 0 heterocycles. The summed E-state index contributed by atoms with van der Waals surface area (Å²) in [7, 11) is 0. The molecule has 0 aromatic rings. The Morgan fingerprint density at radius 3 is 2.12 bits per heavy atom. The van der Waals surface area contributed by atoms with Crippen LogP contribution >= 0.6 is 23.2 Å². The summed E-state index contributed by atoms with van der Waals surface area (Å²) in [6, 6.07) is 0. The highest BCUT2D eigenvalue weighted by atomic mass is 35.5. The van der Waals surface area contributed by atoms with Crippen molar-refractivity contribution in [2.75, 3.05) is 6.61 Å². The van der Waals surface area contributed by atoms with Crippen LogP contribution in [0.2, 0.25) is 0 Å². The fourth-order valence-corrected chi connectivity index (χ4v) is 0.491. The first-order chi connectivity index (χ1) is 3.68. The van der Waals surface area contributed by atoms with Crippen molar-refractivity contribution in [3.05, 3.63) is 0 Å². The van der Waals surface area contributed by atoms with Gasteiger partial charge in [0.2, 0.25) is 0 Å². The smallest absolute Gasteiger partial charge is 0.147 e. The summed E-state index contributed by atoms with van der Waals surface area (Å²) in [5.74, 6) is 0. The van der Waals surface area contributed by atoms with Crippen molar-refractivity contribution in [3.8, 4) is 0 Å². The summed E-state index contributed by atoms with van der Waals surface area (Å²) < 4.78 is 4.94. The lowest BCUT2D eigenvalue weighted by molar-refractivity contribution is 0.119. The second kappa shape index (κ2) is 4.42. The van der Waals surface area contributed by atoms with Gasteiger partial charge in [0.1, 0.15) is 5.56 Å². The molecular formula is C5H10Cl2O. The first kappa shape index (κ1) is 8.54. The van der Waals surface area contributed by atoms with Crippen LogP contribution < -0.4 is 0 Å². The molecule has 0 unspecified atom stereocenters. The average Bonchev–Trinajstić information content (AvgIpc) is 1.67. The van der Waals surface area contributed by atoms with Gasteiger partial charge in [-0.05, 0) is 13.8 Å². The van der Waals surface area contributed by atoms with Gasteiger partial charge in [-0.1, -0.05) is 11.6 Å². The lowest BCUT2D eigenvalue weighted by Crippen LogP contribution is -2.14. The molecule has 1 nitrogen and oxygen atoms in total. The van der Waals surface area contributed by atoms with Crippen LogP contribution in [-0.4, -0.2) is 17.5 Å². The topological polar surface area (TPSA) is 9.23 Å². The van der Waals surface area contributed by atoms with Crippen LogP contribution in [0.1, 0.15) is 13.8 Å². The maximum Gasteiger partial charge on any atom is 0.147 e. The van der Waals surface area contributed by atoms with Crippen LogP contribution in [0.5, 0.6) is 0 Å². The molecule has 0 aliphatic heterocycles. The molecule has 0 saturated heterocycles. The molecule has 0 N–H and O–H groups in total. The van der Waals surface area contributed by atoms with E-state index in [1.807, 2.05) is 6.92 Å². The Hall–Kier alpha value is 0.540. The molecule has 0 spiro atoms. The number of hydrogen-bond donors (Lipinski definition) is 0. The van der Waals surface area contributed by atoms with Gasteiger partial charge in [-0.15, -0.1) is 11.6 Å². The Bertz CT molecular complexity index is 56.4. The van der Waals surface area contributed by atoms with Crippen LogP contribution in [0.25, 0.3) is 0 Å². The Kier molecular flexibility index (Phi) is 4.72. The Labute approximate surface area is 59.9 Å². The third kappa shape index (κ3) is 3.53. The van der Waals surface area contributed by atoms with Crippen molar-refractivity contribution < 1.29 is 4.74 Å². The van der Waals surface area contributed by atoms with Crippen molar-refractivity contribution in [2.45, 2.75) is 24.8 Å². The molecule has 0 saturated carbocycles. The molecule has 0 radical (unpaired) electrons. The van der Waals surface area contributed by atoms with Gasteiger partial charge < -0.3 is 4.74 Å². The van der Waals surface area contributed by atoms with E-state index in [0.717, 1.165) is 0 Å². The monoisotopic (exact) mass is 156 g/mol. The van der Waals surface area contributed by atoms with Crippen molar-refractivity contribution in [3.63, 3.8) is 0 Å². The summed E-state index contributed by atoms with van der Waals surface area (Å²) in [4.78, 5) is 0. The number of ether oxygens (including phenoxy) is 1. The van der Waals surface area contributed by atoms with E-state index in [-0.39, 0.29) is 10.9 Å². The van der Waals surface area contributed by atoms with E-state index in [9.17, 15) is 0 Å². The highest BCUT2D eigenvalue weighted by Gasteiger charge is 2.09. The van der Waals surface area contributed by atoms with E-state index in [1.54, 1.807) is 6.92 Å². The van der Waals surface area contributed by atoms with Gasteiger partial charge in [0.25, 0.3) is 0 Å². The van der Waals surface area contributed by atoms with Gasteiger partial charge >= 0.3 is 0 Å². The number of rotatable bonds is 3. The van der Waals surface area contributed by atoms with Gasteiger partial charge in [-0.3, -0.25) is 0 Å². The molecule has 8 heavy (non-hydrogen) atoms. The van der Waals surface area contributed by atoms with E-state index < -0.39 is 0 Å². The molecule has 0 fully saturated rings. The third-order valence-corrected chi connectivity index (χ3v) is 1.55. The molecule has 0 aromatic heterocycles. The second-order valence-corrected chi connectivity index (χ2v) is 2.60. The lowest BCUT2D eigenvalue weighted by atomic mass is 10.5. The van der Waals surface area contributed by atoms with E-state index in [0.29, 0.717) is 6.61 Å². The van der Waals surface area contributed by atoms with E-state index in [1.165, 1.54) is 0 Å². The average molecular weight is 157 g/mol. The number of alkyl halides is 2. The van der Waals surface area contributed by atoms with Crippen LogP contribution in [0.4, 0.5) is 0 Å². The van der Waals surface area contributed by atoms with Crippen molar-refractivity contribution in [1.29, 1.82) is 0 Å². The van der Waals surface area contributed by atoms with Crippen LogP contribution in [0.3, 0.4) is 0 Å². The highest BCUT2D eigenvalue weighted by Crippen LogP contribution is 2.09. The Morgan fingerprint density at radius 1 is 1.50 bits per heavy atom. The van der Waals surface area contributed by atoms with Gasteiger partial charge in [-0.25, -0.2) is 0 Å². The zero-order valence-electron chi connectivity index (χ0n) is 5.03. The van der Waals surface area contributed by atoms with Crippen molar-refractivity contribution in [1.82, 2.24) is 0 Å². The normalized spacial score (nSPS) is 18.0. The van der Waals surface area contributed by atoms with E-state index >= 15 is 0 Å². The zero-order valence-corrected chi connectivity index (χ0v) is 6.54. The van der Waals surface area contributed by atoms with Gasteiger partial charge in [0.05, 0.1) is 5.38 Å². The first-order valence-corrected chi connectivity index (χ1v) is 3.45. The fraction of sp³-hybridized carbons (Fsp3) is 1.00. The predicted molar refractivity (Wildman–Crippen MR) is 36.6 cm³/mol. The minimum atomic E-state index is -0.346. The van der Waals surface area contributed by atoms with Gasteiger partial charge in [-0.2, -0.15) is 0 Å². The summed E-state index contributed by atoms with van der Waals surface area (Å²) in [5, 5.41) is -0.114. The second-order valence-electron chi connectivity index (χ2n) is 1.48. The number of hydrogen-bond acceptors (Lipinski definition) is 1. The quantitative estimate of drug-likeness (QED) is 0.570. The fourth-order valence-electron chi connectivity index (χ4n) is 0.292. The highest BCUT2D eigenvalue weighted by molar-refractivity contribution is 6.29. The molecule has 0 rings (SSSR count). The molecule has 0 aliphatic carbocycles. The molecule has 50 valence electrons. The molecule has 3 heteroatoms. The Morgan fingerprint density at radius 2 is 2.00 bits per heavy atom. The standard InChI is InChI=1S/C5H10Cl2O/c1-3-8-5(7)4(2)6/h4-5H,3H2,1-2H3/t4-,5-/m1/s1. The Balaban J connectivity index is 3.17. The summed E-state index contributed by atoms with van der Waals surface area (Å²) in [6.45, 7) is 4.30. The summed E-state index contributed by atoms with van der Waals surface area (Å²) >= 11 is 11.1. The van der Waals surface area contributed by atoms with Crippen molar-refractivity contribution in [2.24, 2.45) is 0 Å². The lowest BCUT2D eigenvalue weighted by Gasteiger charge is -2.09. The maximum absolute atomic E-state index is 5.56. The van der Waals surface area contributed by atoms with Gasteiger partial charge in [0, 0.05) is 6.61 Å². The largest absolute Gasteiger partial charge is 0.361 e. The molecular weight excluding hydrogens is 147 g/mol. The van der Waals surface area contributed by atoms with E-state index in [4.69, 9.17) is 27.9 Å². The molecule has 0 bridgehead atoms. The minimum Gasteiger partial charge on any atom is -0.361 e. The molecule has 2 atom stereocenters. The van der Waals surface area contributed by atoms with Gasteiger partial charge in [0.15, 0.2) is 0 Å². The van der Waals surface area contributed by atoms with E-state index in [2.05, 4.69) is 0 Å². The maximum atomic E-state index is 5.56. The third-order valence-electron chi connectivity index (χ3n) is 0.687. The summed E-state index contributed by atoms with van der Waals surface area (Å²) in [5.41, 5.74) is -0.346. The first-order valence-electron chi connectivity index (χ1n) is 2.58. The molecule has 0 amide bonds. The van der Waals surface area contributed by atoms with Crippen LogP contribution in [0.15, 0.2) is 0 Å². The molecule has 0 aromatic carbocycles. The van der Waals surface area contributed by atoms with Crippen molar-refractivity contribution >= 4 is 23.2 Å². The number of halogens is 2. The molecule has 0 aliphatic rings. The summed E-state index contributed by atoms with van der Waals surface area (Å²) in [6.07, 6.45) is 0. The van der Waals surface area contributed by atoms with Crippen LogP contribution in [0, 0.1) is 0 Å².